The number of non-ortho nitro benzene ring substituents is 1. The van der Waals surface area contributed by atoms with Crippen LogP contribution in [0.3, 0.4) is 0 Å². The summed E-state index contributed by atoms with van der Waals surface area (Å²) in [5.74, 6) is -0.728. The summed E-state index contributed by atoms with van der Waals surface area (Å²) in [6.07, 6.45) is 0.715. The molecule has 0 bridgehead atoms. The molecular formula is C18H14N4O4. The van der Waals surface area contributed by atoms with Gasteiger partial charge in [0.1, 0.15) is 0 Å². The topological polar surface area (TPSA) is 121 Å². The van der Waals surface area contributed by atoms with Crippen LogP contribution < -0.4 is 0 Å². The normalized spacial score (nSPS) is 19.1. The number of H-pyrrole nitrogens is 1. The predicted molar refractivity (Wildman–Crippen MR) is 93.4 cm³/mol. The molecule has 8 heteroatoms. The maximum Gasteiger partial charge on any atom is 0.270 e. The van der Waals surface area contributed by atoms with Crippen molar-refractivity contribution in [1.82, 2.24) is 4.98 Å². The van der Waals surface area contributed by atoms with Gasteiger partial charge in [-0.1, -0.05) is 30.3 Å². The number of nitro groups is 1. The number of aromatic amines is 1. The summed E-state index contributed by atoms with van der Waals surface area (Å²) in [7, 11) is 0. The molecule has 1 aliphatic rings. The van der Waals surface area contributed by atoms with Crippen molar-refractivity contribution in [1.29, 1.82) is 0 Å². The van der Waals surface area contributed by atoms with E-state index in [2.05, 4.69) is 15.2 Å². The fraction of sp³-hybridized carbons (Fsp3) is 0.167. The summed E-state index contributed by atoms with van der Waals surface area (Å²) < 4.78 is 0. The fourth-order valence-corrected chi connectivity index (χ4v) is 3.08. The van der Waals surface area contributed by atoms with Crippen LogP contribution in [0, 0.1) is 16.0 Å². The summed E-state index contributed by atoms with van der Waals surface area (Å²) in [6, 6.07) is 13.8. The number of benzene rings is 2. The van der Waals surface area contributed by atoms with E-state index in [9.17, 15) is 20.0 Å². The highest BCUT2D eigenvalue weighted by molar-refractivity contribution is 5.96. The second-order valence-electron chi connectivity index (χ2n) is 6.21. The Bertz CT molecular complexity index is 1040. The Morgan fingerprint density at radius 3 is 2.73 bits per heavy atom. The predicted octanol–water partition coefficient (Wildman–Crippen LogP) is 4.20. The summed E-state index contributed by atoms with van der Waals surface area (Å²) in [5, 5.41) is 28.8. The largest absolute Gasteiger partial charge is 0.493 e. The highest BCUT2D eigenvalue weighted by Gasteiger charge is 2.44. The first-order chi connectivity index (χ1) is 12.5. The number of nitro benzene ring substituents is 1. The molecule has 130 valence electrons. The Morgan fingerprint density at radius 2 is 2.00 bits per heavy atom. The summed E-state index contributed by atoms with van der Waals surface area (Å²) in [6.45, 7) is 0. The van der Waals surface area contributed by atoms with E-state index >= 15 is 0 Å². The van der Waals surface area contributed by atoms with Crippen LogP contribution in [0.2, 0.25) is 0 Å². The zero-order valence-corrected chi connectivity index (χ0v) is 13.5. The minimum absolute atomic E-state index is 0.0222. The van der Waals surface area contributed by atoms with E-state index in [1.807, 2.05) is 30.3 Å². The van der Waals surface area contributed by atoms with E-state index < -0.39 is 4.92 Å². The van der Waals surface area contributed by atoms with E-state index in [0.29, 0.717) is 17.3 Å². The number of aromatic nitrogens is 1. The second-order valence-corrected chi connectivity index (χ2v) is 6.21. The van der Waals surface area contributed by atoms with Crippen LogP contribution in [-0.2, 0) is 4.79 Å². The molecule has 3 aromatic rings. The van der Waals surface area contributed by atoms with Gasteiger partial charge in [-0.15, -0.1) is 10.2 Å². The Kier molecular flexibility index (Phi) is 3.72. The van der Waals surface area contributed by atoms with Gasteiger partial charge in [-0.05, 0) is 24.0 Å². The lowest BCUT2D eigenvalue weighted by Gasteiger charge is -1.97. The molecule has 2 aromatic carbocycles. The maximum atomic E-state index is 12.2. The van der Waals surface area contributed by atoms with Crippen molar-refractivity contribution in [2.75, 3.05) is 0 Å². The van der Waals surface area contributed by atoms with Crippen LogP contribution >= 0.6 is 0 Å². The Hall–Kier alpha value is -3.55. The molecule has 0 aliphatic heterocycles. The van der Waals surface area contributed by atoms with E-state index in [1.54, 1.807) is 0 Å². The van der Waals surface area contributed by atoms with Crippen molar-refractivity contribution < 1.29 is 14.8 Å². The van der Waals surface area contributed by atoms with Gasteiger partial charge in [0.05, 0.1) is 10.4 Å². The zero-order chi connectivity index (χ0) is 18.3. The van der Waals surface area contributed by atoms with Crippen LogP contribution in [0.15, 0.2) is 58.8 Å². The number of carbonyl (C=O) groups is 1. The molecule has 8 nitrogen and oxygen atoms in total. The first-order valence-electron chi connectivity index (χ1n) is 8.04. The second kappa shape index (κ2) is 6.07. The Labute approximate surface area is 147 Å². The summed E-state index contributed by atoms with van der Waals surface area (Å²) in [5.41, 5.74) is 1.45. The quantitative estimate of drug-likeness (QED) is 0.416. The molecule has 0 spiro atoms. The lowest BCUT2D eigenvalue weighted by atomic mass is 10.1. The zero-order valence-electron chi connectivity index (χ0n) is 13.5. The lowest BCUT2D eigenvalue weighted by Crippen LogP contribution is -1.96. The van der Waals surface area contributed by atoms with Gasteiger partial charge in [0, 0.05) is 23.4 Å². The van der Waals surface area contributed by atoms with Gasteiger partial charge < -0.3 is 10.1 Å². The molecule has 1 aliphatic carbocycles. The van der Waals surface area contributed by atoms with Crippen molar-refractivity contribution in [2.24, 2.45) is 16.1 Å². The fourth-order valence-electron chi connectivity index (χ4n) is 3.08. The molecule has 0 unspecified atom stereocenters. The third-order valence-electron chi connectivity index (χ3n) is 4.53. The number of nitrogens with one attached hydrogen (secondary N) is 1. The minimum Gasteiger partial charge on any atom is -0.493 e. The van der Waals surface area contributed by atoms with Crippen molar-refractivity contribution >= 4 is 28.2 Å². The Morgan fingerprint density at radius 1 is 1.23 bits per heavy atom. The SMILES string of the molecule is O=C(N=Nc1c(O)[nH]c2ccc([N+](=O)[O-])cc12)[C@@H]1C[C@H]1c1ccccc1. The average Bonchev–Trinajstić information content (AvgIpc) is 3.38. The first-order valence-corrected chi connectivity index (χ1v) is 8.04. The van der Waals surface area contributed by atoms with Crippen LogP contribution in [0.5, 0.6) is 5.88 Å². The average molecular weight is 350 g/mol. The maximum absolute atomic E-state index is 12.2. The van der Waals surface area contributed by atoms with E-state index in [-0.39, 0.29) is 35.0 Å². The number of carbonyl (C=O) groups excluding carboxylic acids is 1. The molecule has 0 saturated heterocycles. The lowest BCUT2D eigenvalue weighted by molar-refractivity contribution is -0.384. The number of hydrogen-bond donors (Lipinski definition) is 2. The molecule has 2 atom stereocenters. The summed E-state index contributed by atoms with van der Waals surface area (Å²) >= 11 is 0. The van der Waals surface area contributed by atoms with Crippen molar-refractivity contribution in [3.63, 3.8) is 0 Å². The number of aromatic hydroxyl groups is 1. The number of fused-ring (bicyclic) bond motifs is 1. The van der Waals surface area contributed by atoms with Crippen LogP contribution in [0.1, 0.15) is 17.9 Å². The summed E-state index contributed by atoms with van der Waals surface area (Å²) in [4.78, 5) is 25.3. The third kappa shape index (κ3) is 2.81. The van der Waals surface area contributed by atoms with Gasteiger partial charge in [0.2, 0.25) is 5.88 Å². The van der Waals surface area contributed by atoms with Crippen LogP contribution in [-0.4, -0.2) is 20.9 Å². The number of hydrogen-bond acceptors (Lipinski definition) is 5. The monoisotopic (exact) mass is 350 g/mol. The molecule has 1 amide bonds. The molecule has 0 radical (unpaired) electrons. The van der Waals surface area contributed by atoms with Gasteiger partial charge in [-0.25, -0.2) is 0 Å². The number of rotatable bonds is 4. The molecule has 26 heavy (non-hydrogen) atoms. The molecule has 1 heterocycles. The van der Waals surface area contributed by atoms with Crippen molar-refractivity contribution in [3.05, 3.63) is 64.2 Å². The van der Waals surface area contributed by atoms with Gasteiger partial charge in [0.15, 0.2) is 5.69 Å². The van der Waals surface area contributed by atoms with Crippen molar-refractivity contribution in [2.45, 2.75) is 12.3 Å². The van der Waals surface area contributed by atoms with Gasteiger partial charge in [-0.2, -0.15) is 0 Å². The van der Waals surface area contributed by atoms with Gasteiger partial charge in [-0.3, -0.25) is 14.9 Å². The molecular weight excluding hydrogens is 336 g/mol. The highest BCUT2D eigenvalue weighted by Crippen LogP contribution is 2.48. The smallest absolute Gasteiger partial charge is 0.270 e. The van der Waals surface area contributed by atoms with Gasteiger partial charge >= 0.3 is 0 Å². The third-order valence-corrected chi connectivity index (χ3v) is 4.53. The molecule has 1 aromatic heterocycles. The van der Waals surface area contributed by atoms with Gasteiger partial charge in [0.25, 0.3) is 11.6 Å². The highest BCUT2D eigenvalue weighted by atomic mass is 16.6. The Balaban J connectivity index is 1.57. The standard InChI is InChI=1S/C18H14N4O4/c23-17(13-9-12(13)10-4-2-1-3-5-10)21-20-16-14-8-11(22(25)26)6-7-15(14)19-18(16)24/h1-8,12-13,19,24H,9H2/t12-,13+/m0/s1. The van der Waals surface area contributed by atoms with E-state index in [4.69, 9.17) is 0 Å². The number of amides is 1. The van der Waals surface area contributed by atoms with E-state index in [1.165, 1.54) is 18.2 Å². The number of nitrogens with zero attached hydrogens (tertiary/aromatic N) is 3. The molecule has 1 fully saturated rings. The minimum atomic E-state index is -0.537. The van der Waals surface area contributed by atoms with Crippen molar-refractivity contribution in [3.8, 4) is 5.88 Å². The molecule has 2 N–H and O–H groups in total. The van der Waals surface area contributed by atoms with Crippen LogP contribution in [0.4, 0.5) is 11.4 Å². The first kappa shape index (κ1) is 15.9. The molecule has 1 saturated carbocycles. The van der Waals surface area contributed by atoms with E-state index in [0.717, 1.165) is 5.56 Å². The number of azo groups is 1. The van der Waals surface area contributed by atoms with Crippen LogP contribution in [0.25, 0.3) is 10.9 Å². The molecule has 4 rings (SSSR count).